The fraction of sp³-hybridized carbons (Fsp3) is 0.333. The number of amides is 2. The molecule has 0 bridgehead atoms. The van der Waals surface area contributed by atoms with E-state index in [0.29, 0.717) is 16.9 Å². The highest BCUT2D eigenvalue weighted by Gasteiger charge is 2.36. The molecule has 0 saturated carbocycles. The molecule has 3 rings (SSSR count). The van der Waals surface area contributed by atoms with E-state index in [0.717, 1.165) is 15.6 Å². The van der Waals surface area contributed by atoms with Crippen LogP contribution >= 0.6 is 15.9 Å². The molecule has 1 fully saturated rings. The lowest BCUT2D eigenvalue weighted by Crippen LogP contribution is -2.28. The summed E-state index contributed by atoms with van der Waals surface area (Å²) in [5.41, 5.74) is 3.51. The molecule has 2 aromatic carbocycles. The monoisotopic (exact) mass is 516 g/mol. The van der Waals surface area contributed by atoms with Gasteiger partial charge in [0.05, 0.1) is 18.1 Å². The second kappa shape index (κ2) is 10.6. The highest BCUT2D eigenvalue weighted by atomic mass is 79.9. The summed E-state index contributed by atoms with van der Waals surface area (Å²) >= 11 is 3.44. The Balaban J connectivity index is 1.54. The van der Waals surface area contributed by atoms with Crippen molar-refractivity contribution in [1.29, 1.82) is 0 Å². The Bertz CT molecular complexity index is 1080. The van der Waals surface area contributed by atoms with Crippen LogP contribution in [0.4, 0.5) is 11.4 Å². The summed E-state index contributed by atoms with van der Waals surface area (Å²) in [7, 11) is 0. The smallest absolute Gasteiger partial charge is 0.338 e. The molecule has 0 aliphatic carbocycles. The zero-order valence-corrected chi connectivity index (χ0v) is 20.2. The van der Waals surface area contributed by atoms with Gasteiger partial charge in [-0.3, -0.25) is 14.4 Å². The molecule has 174 valence electrons. The van der Waals surface area contributed by atoms with Crippen LogP contribution in [0.25, 0.3) is 0 Å². The first-order chi connectivity index (χ1) is 15.7. The minimum Gasteiger partial charge on any atom is -0.462 e. The number of anilines is 2. The third kappa shape index (κ3) is 5.78. The first-order valence-electron chi connectivity index (χ1n) is 10.5. The maximum Gasteiger partial charge on any atom is 0.338 e. The number of halogens is 1. The lowest BCUT2D eigenvalue weighted by atomic mass is 10.1. The molecule has 1 atom stereocenters. The lowest BCUT2D eigenvalue weighted by Gasteiger charge is -2.17. The summed E-state index contributed by atoms with van der Waals surface area (Å²) in [6.45, 7) is 5.52. The van der Waals surface area contributed by atoms with Crippen LogP contribution < -0.4 is 10.2 Å². The number of benzene rings is 2. The Hall–Kier alpha value is -3.20. The summed E-state index contributed by atoms with van der Waals surface area (Å²) in [6, 6.07) is 10.0. The number of nitrogens with zero attached hydrogens (tertiary/aromatic N) is 1. The van der Waals surface area contributed by atoms with Gasteiger partial charge in [0.25, 0.3) is 5.91 Å². The maximum atomic E-state index is 12.5. The minimum absolute atomic E-state index is 0.00883. The van der Waals surface area contributed by atoms with E-state index < -0.39 is 30.4 Å². The summed E-state index contributed by atoms with van der Waals surface area (Å²) in [4.78, 5) is 50.4. The standard InChI is InChI=1S/C24H25BrN2O6/c1-4-32-23(30)16-5-7-18(8-6-16)27-12-17(11-22(27)29)24(31)33-13-21(28)26-20-10-9-19(25)14(2)15(20)3/h5-10,17H,4,11-13H2,1-3H3,(H,26,28)/t17-/m0/s1. The highest BCUT2D eigenvalue weighted by Crippen LogP contribution is 2.27. The first-order valence-corrected chi connectivity index (χ1v) is 11.3. The zero-order valence-electron chi connectivity index (χ0n) is 18.6. The number of carbonyl (C=O) groups excluding carboxylic acids is 4. The quantitative estimate of drug-likeness (QED) is 0.561. The van der Waals surface area contributed by atoms with Crippen molar-refractivity contribution in [3.05, 3.63) is 57.6 Å². The molecular formula is C24H25BrN2O6. The number of hydrogen-bond donors (Lipinski definition) is 1. The molecule has 0 aromatic heterocycles. The Kier molecular flexibility index (Phi) is 7.86. The van der Waals surface area contributed by atoms with E-state index in [1.165, 1.54) is 4.90 Å². The van der Waals surface area contributed by atoms with Crippen LogP contribution in [-0.4, -0.2) is 43.5 Å². The largest absolute Gasteiger partial charge is 0.462 e. The molecular weight excluding hydrogens is 492 g/mol. The second-order valence-electron chi connectivity index (χ2n) is 7.67. The molecule has 1 aliphatic heterocycles. The van der Waals surface area contributed by atoms with Gasteiger partial charge in [-0.15, -0.1) is 0 Å². The maximum absolute atomic E-state index is 12.5. The van der Waals surface area contributed by atoms with Gasteiger partial charge < -0.3 is 19.7 Å². The van der Waals surface area contributed by atoms with Crippen molar-refractivity contribution in [1.82, 2.24) is 0 Å². The van der Waals surface area contributed by atoms with Crippen LogP contribution in [-0.2, 0) is 23.9 Å². The van der Waals surface area contributed by atoms with Crippen molar-refractivity contribution in [3.8, 4) is 0 Å². The van der Waals surface area contributed by atoms with Gasteiger partial charge in [0, 0.05) is 28.8 Å². The fourth-order valence-corrected chi connectivity index (χ4v) is 3.90. The molecule has 2 amide bonds. The van der Waals surface area contributed by atoms with Gasteiger partial charge in [-0.1, -0.05) is 15.9 Å². The van der Waals surface area contributed by atoms with Gasteiger partial charge in [-0.2, -0.15) is 0 Å². The fourth-order valence-electron chi connectivity index (χ4n) is 3.47. The average molecular weight is 517 g/mol. The van der Waals surface area contributed by atoms with Crippen molar-refractivity contribution >= 4 is 51.1 Å². The Morgan fingerprint density at radius 2 is 1.76 bits per heavy atom. The third-order valence-corrected chi connectivity index (χ3v) is 6.35. The van der Waals surface area contributed by atoms with Gasteiger partial charge in [-0.25, -0.2) is 4.79 Å². The van der Waals surface area contributed by atoms with E-state index in [9.17, 15) is 19.2 Å². The third-order valence-electron chi connectivity index (χ3n) is 5.49. The number of esters is 2. The van der Waals surface area contributed by atoms with Crippen molar-refractivity contribution in [2.75, 3.05) is 30.0 Å². The van der Waals surface area contributed by atoms with E-state index in [1.54, 1.807) is 37.3 Å². The van der Waals surface area contributed by atoms with Crippen LogP contribution in [0.2, 0.25) is 0 Å². The lowest BCUT2D eigenvalue weighted by molar-refractivity contribution is -0.151. The van der Waals surface area contributed by atoms with E-state index in [2.05, 4.69) is 21.2 Å². The number of nitrogens with one attached hydrogen (secondary N) is 1. The summed E-state index contributed by atoms with van der Waals surface area (Å²) in [6.07, 6.45) is -0.00883. The van der Waals surface area contributed by atoms with Gasteiger partial charge in [-0.05, 0) is 68.3 Å². The van der Waals surface area contributed by atoms with Gasteiger partial charge >= 0.3 is 11.9 Å². The van der Waals surface area contributed by atoms with Crippen molar-refractivity contribution in [2.24, 2.45) is 5.92 Å². The SMILES string of the molecule is CCOC(=O)c1ccc(N2C[C@@H](C(=O)OCC(=O)Nc3ccc(Br)c(C)c3C)CC2=O)cc1. The predicted octanol–water partition coefficient (Wildman–Crippen LogP) is 3.78. The van der Waals surface area contributed by atoms with Crippen LogP contribution in [0, 0.1) is 19.8 Å². The molecule has 1 N–H and O–H groups in total. The molecule has 8 nitrogen and oxygen atoms in total. The van der Waals surface area contributed by atoms with Crippen molar-refractivity contribution in [3.63, 3.8) is 0 Å². The Morgan fingerprint density at radius 1 is 1.06 bits per heavy atom. The number of hydrogen-bond acceptors (Lipinski definition) is 6. The summed E-state index contributed by atoms with van der Waals surface area (Å²) in [5.74, 6) is -2.40. The molecule has 1 aliphatic rings. The van der Waals surface area contributed by atoms with Crippen molar-refractivity contribution < 1.29 is 28.7 Å². The van der Waals surface area contributed by atoms with E-state index in [-0.39, 0.29) is 25.5 Å². The number of rotatable bonds is 7. The van der Waals surface area contributed by atoms with Gasteiger partial charge in [0.1, 0.15) is 0 Å². The predicted molar refractivity (Wildman–Crippen MR) is 126 cm³/mol. The normalized spacial score (nSPS) is 15.3. The highest BCUT2D eigenvalue weighted by molar-refractivity contribution is 9.10. The van der Waals surface area contributed by atoms with E-state index in [4.69, 9.17) is 9.47 Å². The Morgan fingerprint density at radius 3 is 2.42 bits per heavy atom. The molecule has 2 aromatic rings. The summed E-state index contributed by atoms with van der Waals surface area (Å²) < 4.78 is 11.1. The number of carbonyl (C=O) groups is 4. The van der Waals surface area contributed by atoms with Crippen LogP contribution in [0.1, 0.15) is 34.8 Å². The summed E-state index contributed by atoms with van der Waals surface area (Å²) in [5, 5.41) is 2.74. The Labute approximate surface area is 200 Å². The van der Waals surface area contributed by atoms with Gasteiger partial charge in [0.2, 0.25) is 5.91 Å². The molecule has 0 unspecified atom stereocenters. The number of ether oxygens (including phenoxy) is 2. The second-order valence-corrected chi connectivity index (χ2v) is 8.53. The van der Waals surface area contributed by atoms with Crippen molar-refractivity contribution in [2.45, 2.75) is 27.2 Å². The topological polar surface area (TPSA) is 102 Å². The minimum atomic E-state index is -0.674. The first kappa shape index (κ1) is 24.4. The van der Waals surface area contributed by atoms with Gasteiger partial charge in [0.15, 0.2) is 6.61 Å². The molecule has 1 saturated heterocycles. The molecule has 9 heteroatoms. The van der Waals surface area contributed by atoms with Crippen LogP contribution in [0.3, 0.4) is 0 Å². The van der Waals surface area contributed by atoms with Crippen LogP contribution in [0.15, 0.2) is 40.9 Å². The van der Waals surface area contributed by atoms with E-state index >= 15 is 0 Å². The average Bonchev–Trinajstić information content (AvgIpc) is 3.20. The molecule has 33 heavy (non-hydrogen) atoms. The zero-order chi connectivity index (χ0) is 24.1. The molecule has 0 radical (unpaired) electrons. The van der Waals surface area contributed by atoms with E-state index in [1.807, 2.05) is 19.9 Å². The van der Waals surface area contributed by atoms with Crippen LogP contribution in [0.5, 0.6) is 0 Å². The molecule has 0 spiro atoms. The molecule has 1 heterocycles.